The van der Waals surface area contributed by atoms with Crippen LogP contribution in [-0.2, 0) is 6.42 Å². The van der Waals surface area contributed by atoms with Crippen molar-refractivity contribution in [1.29, 1.82) is 0 Å². The molecule has 2 rings (SSSR count). The van der Waals surface area contributed by atoms with Gasteiger partial charge >= 0.3 is 0 Å². The molecule has 0 bridgehead atoms. The molecule has 2 aromatic rings. The van der Waals surface area contributed by atoms with Crippen LogP contribution in [0.15, 0.2) is 46.9 Å². The third kappa shape index (κ3) is 2.70. The number of benzene rings is 2. The summed E-state index contributed by atoms with van der Waals surface area (Å²) in [5.41, 5.74) is 2.13. The van der Waals surface area contributed by atoms with E-state index in [1.165, 1.54) is 0 Å². The van der Waals surface area contributed by atoms with Crippen LogP contribution in [-0.4, -0.2) is 5.88 Å². The molecule has 0 saturated heterocycles. The van der Waals surface area contributed by atoms with Crippen molar-refractivity contribution in [3.05, 3.63) is 58.3 Å². The van der Waals surface area contributed by atoms with Gasteiger partial charge in [-0.1, -0.05) is 52.3 Å². The molecule has 0 saturated carbocycles. The molecule has 0 heterocycles. The van der Waals surface area contributed by atoms with Gasteiger partial charge in [-0.2, -0.15) is 0 Å². The Labute approximate surface area is 114 Å². The highest BCUT2D eigenvalue weighted by Gasteiger charge is 2.13. The van der Waals surface area contributed by atoms with E-state index in [4.69, 9.17) is 11.6 Å². The first-order valence-corrected chi connectivity index (χ1v) is 6.65. The number of alkyl halides is 1. The van der Waals surface area contributed by atoms with Crippen LogP contribution in [0.5, 0.6) is 0 Å². The van der Waals surface area contributed by atoms with Crippen molar-refractivity contribution < 1.29 is 4.39 Å². The largest absolute Gasteiger partial charge is 0.206 e. The molecule has 0 amide bonds. The summed E-state index contributed by atoms with van der Waals surface area (Å²) in [5.74, 6) is 0.235. The summed E-state index contributed by atoms with van der Waals surface area (Å²) >= 11 is 9.06. The van der Waals surface area contributed by atoms with Crippen LogP contribution in [0.2, 0.25) is 0 Å². The van der Waals surface area contributed by atoms with E-state index >= 15 is 0 Å². The van der Waals surface area contributed by atoms with Crippen LogP contribution in [0.25, 0.3) is 11.1 Å². The lowest BCUT2D eigenvalue weighted by atomic mass is 10.0. The van der Waals surface area contributed by atoms with Gasteiger partial charge in [-0.3, -0.25) is 0 Å². The van der Waals surface area contributed by atoms with Crippen molar-refractivity contribution in [2.75, 3.05) is 5.88 Å². The summed E-state index contributed by atoms with van der Waals surface area (Å²) in [4.78, 5) is 0. The van der Waals surface area contributed by atoms with Gasteiger partial charge in [0, 0.05) is 15.9 Å². The first-order valence-electron chi connectivity index (χ1n) is 5.32. The standard InChI is InChI=1S/C14H11BrClF/c15-12-7-6-11(8-9-16)14(17)13(12)10-4-2-1-3-5-10/h1-7H,8-9H2. The zero-order chi connectivity index (χ0) is 12.3. The van der Waals surface area contributed by atoms with Crippen molar-refractivity contribution in [2.24, 2.45) is 0 Å². The summed E-state index contributed by atoms with van der Waals surface area (Å²) in [6.45, 7) is 0. The fraction of sp³-hybridized carbons (Fsp3) is 0.143. The molecule has 0 aliphatic heterocycles. The third-order valence-corrected chi connectivity index (χ3v) is 3.45. The Hall–Kier alpha value is -0.860. The Morgan fingerprint density at radius 1 is 1.06 bits per heavy atom. The minimum Gasteiger partial charge on any atom is -0.206 e. The van der Waals surface area contributed by atoms with Crippen molar-refractivity contribution in [3.8, 4) is 11.1 Å². The molecular formula is C14H11BrClF. The molecule has 0 spiro atoms. The lowest BCUT2D eigenvalue weighted by Gasteiger charge is -2.10. The maximum atomic E-state index is 14.3. The van der Waals surface area contributed by atoms with Crippen LogP contribution >= 0.6 is 27.5 Å². The molecule has 88 valence electrons. The fourth-order valence-corrected chi connectivity index (χ4v) is 2.50. The molecule has 0 unspecified atom stereocenters. The van der Waals surface area contributed by atoms with E-state index in [1.54, 1.807) is 6.07 Å². The van der Waals surface area contributed by atoms with Gasteiger partial charge in [0.2, 0.25) is 0 Å². The molecule has 0 N–H and O–H groups in total. The molecule has 0 nitrogen and oxygen atoms in total. The molecule has 2 aromatic carbocycles. The first kappa shape index (κ1) is 12.6. The second-order valence-corrected chi connectivity index (χ2v) is 4.93. The predicted molar refractivity (Wildman–Crippen MR) is 74.0 cm³/mol. The van der Waals surface area contributed by atoms with Crippen LogP contribution in [0.1, 0.15) is 5.56 Å². The second kappa shape index (κ2) is 5.65. The normalized spacial score (nSPS) is 10.5. The Kier molecular flexibility index (Phi) is 4.19. The van der Waals surface area contributed by atoms with E-state index in [0.29, 0.717) is 23.4 Å². The number of halogens is 3. The predicted octanol–water partition coefficient (Wildman–Crippen LogP) is 5.04. The van der Waals surface area contributed by atoms with Crippen molar-refractivity contribution in [3.63, 3.8) is 0 Å². The summed E-state index contributed by atoms with van der Waals surface area (Å²) in [7, 11) is 0. The summed E-state index contributed by atoms with van der Waals surface area (Å²) in [6.07, 6.45) is 0.542. The van der Waals surface area contributed by atoms with E-state index in [0.717, 1.165) is 10.0 Å². The molecule has 0 radical (unpaired) electrons. The second-order valence-electron chi connectivity index (χ2n) is 3.70. The number of rotatable bonds is 3. The minimum atomic E-state index is -0.189. The monoisotopic (exact) mass is 312 g/mol. The van der Waals surface area contributed by atoms with E-state index in [-0.39, 0.29) is 5.82 Å². The molecule has 3 heteroatoms. The number of hydrogen-bond donors (Lipinski definition) is 0. The van der Waals surface area contributed by atoms with E-state index in [9.17, 15) is 4.39 Å². The van der Waals surface area contributed by atoms with Crippen LogP contribution in [0.3, 0.4) is 0 Å². The molecule has 0 aromatic heterocycles. The van der Waals surface area contributed by atoms with Gasteiger partial charge in [-0.15, -0.1) is 11.6 Å². The third-order valence-electron chi connectivity index (χ3n) is 2.60. The molecule has 17 heavy (non-hydrogen) atoms. The van der Waals surface area contributed by atoms with Crippen LogP contribution < -0.4 is 0 Å². The molecule has 0 fully saturated rings. The summed E-state index contributed by atoms with van der Waals surface area (Å²) < 4.78 is 15.1. The highest BCUT2D eigenvalue weighted by molar-refractivity contribution is 9.10. The van der Waals surface area contributed by atoms with Crippen LogP contribution in [0.4, 0.5) is 4.39 Å². The lowest BCUT2D eigenvalue weighted by Crippen LogP contribution is -1.96. The lowest BCUT2D eigenvalue weighted by molar-refractivity contribution is 0.615. The Morgan fingerprint density at radius 3 is 2.41 bits per heavy atom. The van der Waals surface area contributed by atoms with Gasteiger partial charge in [-0.25, -0.2) is 4.39 Å². The Balaban J connectivity index is 2.56. The van der Waals surface area contributed by atoms with Crippen molar-refractivity contribution in [1.82, 2.24) is 0 Å². The van der Waals surface area contributed by atoms with Crippen molar-refractivity contribution >= 4 is 27.5 Å². The maximum absolute atomic E-state index is 14.3. The molecule has 0 atom stereocenters. The Morgan fingerprint density at radius 2 is 1.76 bits per heavy atom. The molecule has 0 aliphatic carbocycles. The smallest absolute Gasteiger partial charge is 0.135 e. The highest BCUT2D eigenvalue weighted by atomic mass is 79.9. The summed E-state index contributed by atoms with van der Waals surface area (Å²) in [6, 6.07) is 13.1. The zero-order valence-corrected chi connectivity index (χ0v) is 11.4. The summed E-state index contributed by atoms with van der Waals surface area (Å²) in [5, 5.41) is 0. The maximum Gasteiger partial charge on any atom is 0.135 e. The van der Waals surface area contributed by atoms with Crippen LogP contribution in [0, 0.1) is 5.82 Å². The molecular weight excluding hydrogens is 303 g/mol. The van der Waals surface area contributed by atoms with Crippen molar-refractivity contribution in [2.45, 2.75) is 6.42 Å². The molecule has 0 aliphatic rings. The average Bonchev–Trinajstić information content (AvgIpc) is 2.35. The first-order chi connectivity index (χ1) is 8.24. The van der Waals surface area contributed by atoms with E-state index in [2.05, 4.69) is 15.9 Å². The van der Waals surface area contributed by atoms with Gasteiger partial charge in [0.25, 0.3) is 0 Å². The van der Waals surface area contributed by atoms with Gasteiger partial charge < -0.3 is 0 Å². The highest BCUT2D eigenvalue weighted by Crippen LogP contribution is 2.32. The van der Waals surface area contributed by atoms with Gasteiger partial charge in [0.15, 0.2) is 0 Å². The zero-order valence-electron chi connectivity index (χ0n) is 9.09. The van der Waals surface area contributed by atoms with Gasteiger partial charge in [-0.05, 0) is 23.6 Å². The van der Waals surface area contributed by atoms with Gasteiger partial charge in [0.1, 0.15) is 5.82 Å². The van der Waals surface area contributed by atoms with E-state index in [1.807, 2.05) is 36.4 Å². The quantitative estimate of drug-likeness (QED) is 0.697. The minimum absolute atomic E-state index is 0.189. The topological polar surface area (TPSA) is 0 Å². The fourth-order valence-electron chi connectivity index (χ4n) is 1.76. The number of hydrogen-bond acceptors (Lipinski definition) is 0. The SMILES string of the molecule is Fc1c(CCCl)ccc(Br)c1-c1ccccc1. The van der Waals surface area contributed by atoms with E-state index < -0.39 is 0 Å². The Bertz CT molecular complexity index is 511. The van der Waals surface area contributed by atoms with Gasteiger partial charge in [0.05, 0.1) is 0 Å². The average molecular weight is 314 g/mol. The number of aryl methyl sites for hydroxylation is 1.